The number of carbonyl (C=O) groups excluding carboxylic acids is 1. The summed E-state index contributed by atoms with van der Waals surface area (Å²) in [4.78, 5) is 29.5. The number of carbonyl (C=O) groups is 2. The van der Waals surface area contributed by atoms with Crippen molar-refractivity contribution in [2.24, 2.45) is 11.8 Å². The maximum Gasteiger partial charge on any atom is 0.317 e. The summed E-state index contributed by atoms with van der Waals surface area (Å²) in [6.07, 6.45) is 2.23. The molecule has 1 aromatic heterocycles. The lowest BCUT2D eigenvalue weighted by atomic mass is 9.91. The third-order valence-corrected chi connectivity index (χ3v) is 4.80. The molecule has 0 radical (unpaired) electrons. The lowest BCUT2D eigenvalue weighted by molar-refractivity contribution is -0.143. The van der Waals surface area contributed by atoms with E-state index in [1.54, 1.807) is 30.3 Å². The van der Waals surface area contributed by atoms with Crippen LogP contribution in [0.3, 0.4) is 0 Å². The number of likely N-dealkylation sites (tertiary alicyclic amines) is 1. The Labute approximate surface area is 169 Å². The third kappa shape index (κ3) is 5.60. The monoisotopic (exact) mass is 399 g/mol. The van der Waals surface area contributed by atoms with Crippen LogP contribution in [0.2, 0.25) is 0 Å². The van der Waals surface area contributed by atoms with Crippen molar-refractivity contribution in [2.75, 3.05) is 20.2 Å². The van der Waals surface area contributed by atoms with Gasteiger partial charge in [0.25, 0.3) is 0 Å². The van der Waals surface area contributed by atoms with Gasteiger partial charge in [-0.15, -0.1) is 0 Å². The molecule has 29 heavy (non-hydrogen) atoms. The number of carboxylic acid groups (broad SMARTS) is 1. The summed E-state index contributed by atoms with van der Waals surface area (Å²) in [5.41, 5.74) is 0.816. The molecule has 1 aromatic carbocycles. The van der Waals surface area contributed by atoms with Crippen LogP contribution in [0.25, 0.3) is 0 Å². The second-order valence-corrected chi connectivity index (χ2v) is 7.23. The molecule has 1 aliphatic rings. The van der Waals surface area contributed by atoms with Crippen molar-refractivity contribution in [3.8, 4) is 17.4 Å². The largest absolute Gasteiger partial charge is 0.497 e. The highest BCUT2D eigenvalue weighted by atomic mass is 16.5. The predicted molar refractivity (Wildman–Crippen MR) is 106 cm³/mol. The molecular weight excluding hydrogens is 374 g/mol. The Bertz CT molecular complexity index is 856. The summed E-state index contributed by atoms with van der Waals surface area (Å²) in [7, 11) is 1.59. The maximum absolute atomic E-state index is 12.4. The van der Waals surface area contributed by atoms with E-state index in [-0.39, 0.29) is 18.5 Å². The number of methoxy groups -OCH3 is 1. The van der Waals surface area contributed by atoms with Crippen LogP contribution in [-0.4, -0.2) is 47.2 Å². The number of carboxylic acids is 1. The Kier molecular flexibility index (Phi) is 6.54. The van der Waals surface area contributed by atoms with E-state index in [2.05, 4.69) is 10.3 Å². The number of benzene rings is 1. The predicted octanol–water partition coefficient (Wildman–Crippen LogP) is 3.13. The van der Waals surface area contributed by atoms with Crippen molar-refractivity contribution in [3.05, 3.63) is 48.2 Å². The van der Waals surface area contributed by atoms with Crippen molar-refractivity contribution < 1.29 is 24.2 Å². The Morgan fingerprint density at radius 1 is 1.24 bits per heavy atom. The Morgan fingerprint density at radius 3 is 2.72 bits per heavy atom. The molecule has 8 nitrogen and oxygen atoms in total. The van der Waals surface area contributed by atoms with E-state index in [1.807, 2.05) is 31.2 Å². The van der Waals surface area contributed by atoms with E-state index < -0.39 is 11.9 Å². The molecule has 0 saturated carbocycles. The topological polar surface area (TPSA) is 101 Å². The molecule has 2 atom stereocenters. The number of ether oxygens (including phenoxy) is 2. The van der Waals surface area contributed by atoms with E-state index in [4.69, 9.17) is 9.47 Å². The lowest BCUT2D eigenvalue weighted by Crippen LogP contribution is -2.49. The molecular formula is C21H25N3O5. The van der Waals surface area contributed by atoms with Gasteiger partial charge in [0.15, 0.2) is 0 Å². The van der Waals surface area contributed by atoms with Gasteiger partial charge in [0.2, 0.25) is 5.88 Å². The van der Waals surface area contributed by atoms with Gasteiger partial charge < -0.3 is 24.8 Å². The highest BCUT2D eigenvalue weighted by Crippen LogP contribution is 2.24. The molecule has 2 N–H and O–H groups in total. The van der Waals surface area contributed by atoms with Gasteiger partial charge in [-0.2, -0.15) is 0 Å². The lowest BCUT2D eigenvalue weighted by Gasteiger charge is -2.34. The summed E-state index contributed by atoms with van der Waals surface area (Å²) in [6, 6.07) is 10.5. The Balaban J connectivity index is 1.53. The molecule has 2 aromatic rings. The van der Waals surface area contributed by atoms with Gasteiger partial charge in [0.05, 0.1) is 13.0 Å². The van der Waals surface area contributed by atoms with Crippen molar-refractivity contribution >= 4 is 12.0 Å². The molecule has 154 valence electrons. The average Bonchev–Trinajstić information content (AvgIpc) is 2.72. The van der Waals surface area contributed by atoms with E-state index in [1.165, 1.54) is 0 Å². The van der Waals surface area contributed by atoms with Gasteiger partial charge in [-0.1, -0.05) is 19.1 Å². The highest BCUT2D eigenvalue weighted by molar-refractivity contribution is 5.76. The van der Waals surface area contributed by atoms with Gasteiger partial charge in [-0.3, -0.25) is 4.79 Å². The van der Waals surface area contributed by atoms with Crippen molar-refractivity contribution in [3.63, 3.8) is 0 Å². The molecule has 2 unspecified atom stereocenters. The summed E-state index contributed by atoms with van der Waals surface area (Å²) in [5.74, 6) is 0.529. The van der Waals surface area contributed by atoms with Gasteiger partial charge >= 0.3 is 12.0 Å². The number of piperidine rings is 1. The van der Waals surface area contributed by atoms with E-state index in [0.717, 1.165) is 5.56 Å². The minimum atomic E-state index is -0.856. The molecule has 2 amide bonds. The van der Waals surface area contributed by atoms with Gasteiger partial charge in [0, 0.05) is 38.0 Å². The Morgan fingerprint density at radius 2 is 2.03 bits per heavy atom. The fraction of sp³-hybridized carbons (Fsp3) is 0.381. The fourth-order valence-electron chi connectivity index (χ4n) is 3.35. The van der Waals surface area contributed by atoms with Crippen LogP contribution in [0.5, 0.6) is 17.4 Å². The van der Waals surface area contributed by atoms with Gasteiger partial charge in [-0.05, 0) is 30.0 Å². The molecule has 0 spiro atoms. The summed E-state index contributed by atoms with van der Waals surface area (Å²) in [6.45, 7) is 3.05. The van der Waals surface area contributed by atoms with Crippen LogP contribution in [0.4, 0.5) is 4.79 Å². The Hall–Kier alpha value is -3.29. The van der Waals surface area contributed by atoms with Crippen LogP contribution in [0.1, 0.15) is 18.9 Å². The zero-order chi connectivity index (χ0) is 20.8. The number of rotatable bonds is 6. The third-order valence-electron chi connectivity index (χ3n) is 4.80. The number of amides is 2. The normalized spacial score (nSPS) is 18.8. The van der Waals surface area contributed by atoms with Crippen LogP contribution in [-0.2, 0) is 11.3 Å². The van der Waals surface area contributed by atoms with Crippen LogP contribution in [0, 0.1) is 11.8 Å². The second kappa shape index (κ2) is 9.27. The average molecular weight is 399 g/mol. The van der Waals surface area contributed by atoms with Crippen molar-refractivity contribution in [2.45, 2.75) is 19.9 Å². The first-order chi connectivity index (χ1) is 13.9. The highest BCUT2D eigenvalue weighted by Gasteiger charge is 2.31. The van der Waals surface area contributed by atoms with Crippen molar-refractivity contribution in [1.82, 2.24) is 15.2 Å². The molecule has 0 bridgehead atoms. The van der Waals surface area contributed by atoms with Gasteiger partial charge in [-0.25, -0.2) is 9.78 Å². The molecule has 0 aliphatic carbocycles. The first-order valence-electron chi connectivity index (χ1n) is 9.47. The van der Waals surface area contributed by atoms with E-state index in [0.29, 0.717) is 36.9 Å². The number of aromatic nitrogens is 1. The van der Waals surface area contributed by atoms with Crippen molar-refractivity contribution in [1.29, 1.82) is 0 Å². The molecule has 3 rings (SSSR count). The zero-order valence-electron chi connectivity index (χ0n) is 16.5. The number of aliphatic carboxylic acids is 1. The van der Waals surface area contributed by atoms with Gasteiger partial charge in [0.1, 0.15) is 11.5 Å². The number of urea groups is 1. The minimum absolute atomic E-state index is 0.158. The standard InChI is InChI=1S/C21H25N3O5/c1-14-8-16(20(25)26)13-24(12-14)21(27)23-11-15-6-7-19(22-10-15)29-18-5-3-4-17(9-18)28-2/h3-7,9-10,14,16H,8,11-13H2,1-2H3,(H,23,27)(H,25,26). The SMILES string of the molecule is COc1cccc(Oc2ccc(CNC(=O)N3CC(C)CC(C(=O)O)C3)cn2)c1. The molecule has 1 saturated heterocycles. The summed E-state index contributed by atoms with van der Waals surface area (Å²) < 4.78 is 10.9. The molecule has 1 aliphatic heterocycles. The number of hydrogen-bond acceptors (Lipinski definition) is 5. The van der Waals surface area contributed by atoms with Crippen LogP contribution < -0.4 is 14.8 Å². The quantitative estimate of drug-likeness (QED) is 0.774. The maximum atomic E-state index is 12.4. The van der Waals surface area contributed by atoms with Crippen LogP contribution >= 0.6 is 0 Å². The number of pyridine rings is 1. The molecule has 2 heterocycles. The number of nitrogens with one attached hydrogen (secondary N) is 1. The fourth-order valence-corrected chi connectivity index (χ4v) is 3.35. The minimum Gasteiger partial charge on any atom is -0.497 e. The number of hydrogen-bond donors (Lipinski definition) is 2. The van der Waals surface area contributed by atoms with E-state index in [9.17, 15) is 14.7 Å². The number of nitrogens with zero attached hydrogens (tertiary/aromatic N) is 2. The van der Waals surface area contributed by atoms with Crippen LogP contribution in [0.15, 0.2) is 42.6 Å². The molecule has 8 heteroatoms. The summed E-state index contributed by atoms with van der Waals surface area (Å²) >= 11 is 0. The smallest absolute Gasteiger partial charge is 0.317 e. The first-order valence-corrected chi connectivity index (χ1v) is 9.47. The first kappa shape index (κ1) is 20.4. The summed E-state index contributed by atoms with van der Waals surface area (Å²) in [5, 5.41) is 12.1. The second-order valence-electron chi connectivity index (χ2n) is 7.23. The molecule has 1 fully saturated rings. The zero-order valence-corrected chi connectivity index (χ0v) is 16.5. The van der Waals surface area contributed by atoms with E-state index >= 15 is 0 Å².